The number of pyridine rings is 1. The molecule has 4 rings (SSSR count). The van der Waals surface area contributed by atoms with Gasteiger partial charge in [-0.3, -0.25) is 4.98 Å². The Morgan fingerprint density at radius 1 is 0.821 bits per heavy atom. The first-order chi connectivity index (χ1) is 13.1. The van der Waals surface area contributed by atoms with Crippen LogP contribution in [-0.4, -0.2) is 4.98 Å². The van der Waals surface area contributed by atoms with Crippen molar-refractivity contribution in [3.63, 3.8) is 0 Å². The fraction of sp³-hybridized carbons (Fsp3) is 0.370. The van der Waals surface area contributed by atoms with Gasteiger partial charge in [0, 0.05) is 17.2 Å². The molecule has 0 saturated carbocycles. The predicted octanol–water partition coefficient (Wildman–Crippen LogP) is 7.68. The lowest BCUT2D eigenvalue weighted by molar-refractivity contribution is 0.591. The van der Waals surface area contributed by atoms with Crippen LogP contribution in [0.3, 0.4) is 0 Å². The molecule has 1 aliphatic carbocycles. The van der Waals surface area contributed by atoms with E-state index in [9.17, 15) is 0 Å². The summed E-state index contributed by atoms with van der Waals surface area (Å²) in [4.78, 5) is 4.81. The fourth-order valence-electron chi connectivity index (χ4n) is 4.04. The summed E-state index contributed by atoms with van der Waals surface area (Å²) in [6, 6.07) is 13.9. The van der Waals surface area contributed by atoms with E-state index in [2.05, 4.69) is 90.9 Å². The van der Waals surface area contributed by atoms with Gasteiger partial charge in [0.25, 0.3) is 0 Å². The first kappa shape index (κ1) is 18.9. The van der Waals surface area contributed by atoms with Crippen LogP contribution >= 0.6 is 0 Å². The first-order valence-electron chi connectivity index (χ1n) is 10.5. The van der Waals surface area contributed by atoms with Gasteiger partial charge < -0.3 is 0 Å². The van der Waals surface area contributed by atoms with Crippen LogP contribution in [0.4, 0.5) is 0 Å². The molecule has 2 aromatic carbocycles. The fourth-order valence-corrected chi connectivity index (χ4v) is 4.04. The highest BCUT2D eigenvalue weighted by molar-refractivity contribution is 6.11. The molecule has 0 unspecified atom stereocenters. The number of nitrogens with zero attached hydrogens (tertiary/aromatic N) is 1. The summed E-state index contributed by atoms with van der Waals surface area (Å²) in [5.41, 5.74) is 9.31. The third-order valence-electron chi connectivity index (χ3n) is 5.94. The Morgan fingerprint density at radius 2 is 1.46 bits per heavy atom. The standard InChI is InChI=1S/C27H31N/c1-16(2)19-10-20(17(3)4)12-21(11-19)24-15-22-14-23(27(5,6)7)13-18-8-9-28-26(24)25(18)22/h8-17H,1-7H3. The molecule has 1 heteroatoms. The lowest BCUT2D eigenvalue weighted by Crippen LogP contribution is -2.11. The summed E-state index contributed by atoms with van der Waals surface area (Å²) in [5, 5.41) is 2.59. The summed E-state index contributed by atoms with van der Waals surface area (Å²) in [6.07, 6.45) is 4.31. The highest BCUT2D eigenvalue weighted by Crippen LogP contribution is 2.42. The summed E-state index contributed by atoms with van der Waals surface area (Å²) < 4.78 is 0. The van der Waals surface area contributed by atoms with Gasteiger partial charge in [-0.15, -0.1) is 0 Å². The van der Waals surface area contributed by atoms with Gasteiger partial charge in [0.2, 0.25) is 0 Å². The van der Waals surface area contributed by atoms with Crippen molar-refractivity contribution in [3.05, 3.63) is 76.1 Å². The van der Waals surface area contributed by atoms with Crippen LogP contribution in [0.2, 0.25) is 0 Å². The quantitative estimate of drug-likeness (QED) is 0.361. The minimum atomic E-state index is 0.132. The Kier molecular flexibility index (Phi) is 4.45. The summed E-state index contributed by atoms with van der Waals surface area (Å²) in [6.45, 7) is 15.9. The monoisotopic (exact) mass is 369 g/mol. The minimum Gasteiger partial charge on any atom is -0.256 e. The molecule has 3 aromatic rings. The zero-order chi connectivity index (χ0) is 20.2. The van der Waals surface area contributed by atoms with E-state index in [1.54, 1.807) is 0 Å². The number of benzene rings is 2. The molecule has 0 spiro atoms. The van der Waals surface area contributed by atoms with Crippen LogP contribution in [0.1, 0.15) is 93.8 Å². The largest absolute Gasteiger partial charge is 0.256 e. The highest BCUT2D eigenvalue weighted by atomic mass is 14.7. The zero-order valence-corrected chi connectivity index (χ0v) is 18.2. The normalized spacial score (nSPS) is 13.7. The van der Waals surface area contributed by atoms with Crippen molar-refractivity contribution in [1.82, 2.24) is 4.98 Å². The molecule has 0 atom stereocenters. The SMILES string of the molecule is CC(C)c1cc(C2=Cc3cc(C(C)(C)C)cc4ccnc2c34)cc(C(C)C)c1. The molecule has 0 aliphatic heterocycles. The van der Waals surface area contributed by atoms with Crippen molar-refractivity contribution < 1.29 is 0 Å². The van der Waals surface area contributed by atoms with Crippen molar-refractivity contribution in [2.24, 2.45) is 0 Å². The Bertz CT molecular complexity index is 1060. The van der Waals surface area contributed by atoms with Crippen LogP contribution in [0.25, 0.3) is 22.4 Å². The number of aromatic nitrogens is 1. The summed E-state index contributed by atoms with van der Waals surface area (Å²) in [5.74, 6) is 1.02. The Hall–Kier alpha value is -2.41. The van der Waals surface area contributed by atoms with Gasteiger partial charge in [0.05, 0.1) is 5.69 Å². The van der Waals surface area contributed by atoms with E-state index in [-0.39, 0.29) is 5.41 Å². The van der Waals surface area contributed by atoms with E-state index in [4.69, 9.17) is 4.98 Å². The molecule has 0 bridgehead atoms. The maximum Gasteiger partial charge on any atom is 0.0792 e. The Labute approximate surface area is 169 Å². The smallest absolute Gasteiger partial charge is 0.0792 e. The van der Waals surface area contributed by atoms with E-state index >= 15 is 0 Å². The second kappa shape index (κ2) is 6.58. The molecule has 0 amide bonds. The van der Waals surface area contributed by atoms with Gasteiger partial charge in [-0.25, -0.2) is 0 Å². The molecular weight excluding hydrogens is 338 g/mol. The highest BCUT2D eigenvalue weighted by Gasteiger charge is 2.23. The van der Waals surface area contributed by atoms with Crippen LogP contribution in [0.15, 0.2) is 42.6 Å². The van der Waals surface area contributed by atoms with Gasteiger partial charge in [0.1, 0.15) is 0 Å². The molecule has 1 aromatic heterocycles. The maximum atomic E-state index is 4.81. The average molecular weight is 370 g/mol. The van der Waals surface area contributed by atoms with Crippen LogP contribution in [0, 0.1) is 0 Å². The molecular formula is C27H31N. The second-order valence-electron chi connectivity index (χ2n) is 9.83. The van der Waals surface area contributed by atoms with Crippen molar-refractivity contribution in [1.29, 1.82) is 0 Å². The molecule has 0 saturated heterocycles. The molecule has 28 heavy (non-hydrogen) atoms. The zero-order valence-electron chi connectivity index (χ0n) is 18.2. The van der Waals surface area contributed by atoms with Crippen molar-refractivity contribution in [3.8, 4) is 0 Å². The minimum absolute atomic E-state index is 0.132. The molecule has 1 heterocycles. The lowest BCUT2D eigenvalue weighted by Gasteiger charge is -2.20. The van der Waals surface area contributed by atoms with Gasteiger partial charge in [0.15, 0.2) is 0 Å². The second-order valence-corrected chi connectivity index (χ2v) is 9.83. The van der Waals surface area contributed by atoms with E-state index < -0.39 is 0 Å². The molecule has 0 fully saturated rings. The number of hydrogen-bond donors (Lipinski definition) is 0. The predicted molar refractivity (Wildman–Crippen MR) is 122 cm³/mol. The Balaban J connectivity index is 1.94. The molecule has 1 nitrogen and oxygen atoms in total. The summed E-state index contributed by atoms with van der Waals surface area (Å²) >= 11 is 0. The average Bonchev–Trinajstić information content (AvgIpc) is 3.01. The van der Waals surface area contributed by atoms with Crippen molar-refractivity contribution in [2.75, 3.05) is 0 Å². The van der Waals surface area contributed by atoms with Gasteiger partial charge in [-0.2, -0.15) is 0 Å². The molecule has 0 radical (unpaired) electrons. The molecule has 144 valence electrons. The molecule has 0 N–H and O–H groups in total. The number of hydrogen-bond acceptors (Lipinski definition) is 1. The van der Waals surface area contributed by atoms with E-state index in [0.29, 0.717) is 11.8 Å². The maximum absolute atomic E-state index is 4.81. The van der Waals surface area contributed by atoms with Crippen molar-refractivity contribution in [2.45, 2.75) is 65.7 Å². The first-order valence-corrected chi connectivity index (χ1v) is 10.5. The van der Waals surface area contributed by atoms with Gasteiger partial charge in [-0.1, -0.05) is 78.8 Å². The third kappa shape index (κ3) is 3.17. The van der Waals surface area contributed by atoms with Crippen LogP contribution < -0.4 is 0 Å². The number of rotatable bonds is 3. The van der Waals surface area contributed by atoms with Crippen LogP contribution in [-0.2, 0) is 5.41 Å². The van der Waals surface area contributed by atoms with Crippen LogP contribution in [0.5, 0.6) is 0 Å². The van der Waals surface area contributed by atoms with Gasteiger partial charge >= 0.3 is 0 Å². The van der Waals surface area contributed by atoms with E-state index in [0.717, 1.165) is 5.69 Å². The molecule has 1 aliphatic rings. The van der Waals surface area contributed by atoms with Gasteiger partial charge in [-0.05, 0) is 62.6 Å². The Morgan fingerprint density at radius 3 is 2.04 bits per heavy atom. The van der Waals surface area contributed by atoms with Crippen molar-refractivity contribution >= 4 is 22.4 Å². The van der Waals surface area contributed by atoms with E-state index in [1.165, 1.54) is 44.2 Å². The lowest BCUT2D eigenvalue weighted by atomic mass is 9.85. The summed E-state index contributed by atoms with van der Waals surface area (Å²) in [7, 11) is 0. The third-order valence-corrected chi connectivity index (χ3v) is 5.94. The topological polar surface area (TPSA) is 12.9 Å². The van der Waals surface area contributed by atoms with E-state index in [1.807, 2.05) is 6.20 Å².